The van der Waals surface area contributed by atoms with Gasteiger partial charge in [0.15, 0.2) is 0 Å². The molecule has 1 aromatic carbocycles. The molecule has 0 aliphatic carbocycles. The Kier molecular flexibility index (Phi) is 5.24. The van der Waals surface area contributed by atoms with Gasteiger partial charge >= 0.3 is 0 Å². The van der Waals surface area contributed by atoms with Gasteiger partial charge in [-0.2, -0.15) is 0 Å². The van der Waals surface area contributed by atoms with Gasteiger partial charge in [-0.05, 0) is 44.4 Å². The van der Waals surface area contributed by atoms with Crippen LogP contribution < -0.4 is 5.32 Å². The SMILES string of the molecule is CC1CC(NC(C)c2ccc(Br)cc2Br)CCO1. The van der Waals surface area contributed by atoms with Crippen LogP contribution in [-0.4, -0.2) is 18.8 Å². The Bertz CT molecular complexity index is 411. The molecule has 0 radical (unpaired) electrons. The highest BCUT2D eigenvalue weighted by molar-refractivity contribution is 9.11. The van der Waals surface area contributed by atoms with Gasteiger partial charge in [-0.25, -0.2) is 0 Å². The van der Waals surface area contributed by atoms with Crippen molar-refractivity contribution in [3.63, 3.8) is 0 Å². The third-order valence-corrected chi connectivity index (χ3v) is 4.58. The first-order chi connectivity index (χ1) is 8.56. The first-order valence-electron chi connectivity index (χ1n) is 6.39. The molecule has 3 unspecified atom stereocenters. The fraction of sp³-hybridized carbons (Fsp3) is 0.571. The molecule has 1 N–H and O–H groups in total. The molecule has 1 heterocycles. The van der Waals surface area contributed by atoms with Crippen molar-refractivity contribution < 1.29 is 4.74 Å². The predicted molar refractivity (Wildman–Crippen MR) is 81.8 cm³/mol. The number of benzene rings is 1. The van der Waals surface area contributed by atoms with Gasteiger partial charge in [-0.15, -0.1) is 0 Å². The van der Waals surface area contributed by atoms with E-state index in [1.165, 1.54) is 5.56 Å². The van der Waals surface area contributed by atoms with E-state index in [1.54, 1.807) is 0 Å². The van der Waals surface area contributed by atoms with Gasteiger partial charge in [0.05, 0.1) is 6.10 Å². The lowest BCUT2D eigenvalue weighted by molar-refractivity contribution is 0.0116. The summed E-state index contributed by atoms with van der Waals surface area (Å²) >= 11 is 7.11. The summed E-state index contributed by atoms with van der Waals surface area (Å²) in [5.74, 6) is 0. The van der Waals surface area contributed by atoms with Crippen LogP contribution in [0, 0.1) is 0 Å². The summed E-state index contributed by atoms with van der Waals surface area (Å²) in [6, 6.07) is 7.25. The Hall–Kier alpha value is 0.1000. The van der Waals surface area contributed by atoms with Crippen molar-refractivity contribution >= 4 is 31.9 Å². The van der Waals surface area contributed by atoms with Crippen LogP contribution in [0.1, 0.15) is 38.3 Å². The van der Waals surface area contributed by atoms with Crippen LogP contribution in [0.15, 0.2) is 27.1 Å². The van der Waals surface area contributed by atoms with E-state index in [2.05, 4.69) is 69.2 Å². The second kappa shape index (κ2) is 6.51. The van der Waals surface area contributed by atoms with E-state index in [1.807, 2.05) is 0 Å². The van der Waals surface area contributed by atoms with Gasteiger partial charge < -0.3 is 10.1 Å². The molecule has 1 aliphatic rings. The minimum absolute atomic E-state index is 0.350. The molecule has 2 rings (SSSR count). The molecule has 0 spiro atoms. The third kappa shape index (κ3) is 3.80. The Morgan fingerprint density at radius 2 is 2.17 bits per heavy atom. The molecule has 3 atom stereocenters. The fourth-order valence-corrected chi connectivity index (χ4v) is 3.84. The number of rotatable bonds is 3. The highest BCUT2D eigenvalue weighted by Crippen LogP contribution is 2.28. The van der Waals surface area contributed by atoms with E-state index in [0.29, 0.717) is 18.2 Å². The van der Waals surface area contributed by atoms with Crippen molar-refractivity contribution in [2.45, 2.75) is 44.9 Å². The standard InChI is InChI=1S/C14H19Br2NO/c1-9-7-12(5-6-18-9)17-10(2)13-4-3-11(15)8-14(13)16/h3-4,8-10,12,17H,5-7H2,1-2H3. The molecule has 0 amide bonds. The van der Waals surface area contributed by atoms with Gasteiger partial charge in [0, 0.05) is 27.6 Å². The lowest BCUT2D eigenvalue weighted by atomic mass is 10.0. The van der Waals surface area contributed by atoms with Gasteiger partial charge in [0.1, 0.15) is 0 Å². The zero-order valence-corrected chi connectivity index (χ0v) is 13.9. The maximum absolute atomic E-state index is 5.58. The second-order valence-electron chi connectivity index (χ2n) is 4.96. The summed E-state index contributed by atoms with van der Waals surface area (Å²) in [5, 5.41) is 3.70. The number of hydrogen-bond acceptors (Lipinski definition) is 2. The Labute approximate surface area is 126 Å². The molecule has 1 saturated heterocycles. The molecule has 0 aromatic heterocycles. The minimum atomic E-state index is 0.350. The Balaban J connectivity index is 2.00. The van der Waals surface area contributed by atoms with Crippen LogP contribution in [0.4, 0.5) is 0 Å². The van der Waals surface area contributed by atoms with E-state index < -0.39 is 0 Å². The summed E-state index contributed by atoms with van der Waals surface area (Å²) in [6.07, 6.45) is 2.57. The van der Waals surface area contributed by atoms with Gasteiger partial charge in [0.2, 0.25) is 0 Å². The molecule has 4 heteroatoms. The quantitative estimate of drug-likeness (QED) is 0.842. The molecule has 100 valence electrons. The molecule has 0 saturated carbocycles. The molecular formula is C14H19Br2NO. The molecule has 1 aliphatic heterocycles. The molecule has 2 nitrogen and oxygen atoms in total. The van der Waals surface area contributed by atoms with E-state index in [0.717, 1.165) is 28.4 Å². The average Bonchev–Trinajstić information content (AvgIpc) is 2.28. The van der Waals surface area contributed by atoms with Crippen molar-refractivity contribution in [3.8, 4) is 0 Å². The van der Waals surface area contributed by atoms with E-state index in [-0.39, 0.29) is 0 Å². The Morgan fingerprint density at radius 1 is 1.39 bits per heavy atom. The summed E-state index contributed by atoms with van der Waals surface area (Å²) < 4.78 is 7.83. The lowest BCUT2D eigenvalue weighted by Gasteiger charge is -2.31. The van der Waals surface area contributed by atoms with Crippen LogP contribution in [-0.2, 0) is 4.74 Å². The predicted octanol–water partition coefficient (Wildman–Crippen LogP) is 4.43. The van der Waals surface area contributed by atoms with Crippen LogP contribution in [0.3, 0.4) is 0 Å². The summed E-state index contributed by atoms with van der Waals surface area (Å²) in [6.45, 7) is 5.23. The van der Waals surface area contributed by atoms with E-state index >= 15 is 0 Å². The van der Waals surface area contributed by atoms with Crippen molar-refractivity contribution in [2.24, 2.45) is 0 Å². The van der Waals surface area contributed by atoms with Crippen LogP contribution in [0.25, 0.3) is 0 Å². The zero-order valence-electron chi connectivity index (χ0n) is 10.7. The smallest absolute Gasteiger partial charge is 0.0561 e. The van der Waals surface area contributed by atoms with Crippen molar-refractivity contribution in [3.05, 3.63) is 32.7 Å². The number of nitrogens with one attached hydrogen (secondary N) is 1. The number of halogens is 2. The maximum Gasteiger partial charge on any atom is 0.0561 e. The minimum Gasteiger partial charge on any atom is -0.378 e. The number of hydrogen-bond donors (Lipinski definition) is 1. The molecule has 1 aromatic rings. The lowest BCUT2D eigenvalue weighted by Crippen LogP contribution is -2.39. The normalized spacial score (nSPS) is 26.0. The van der Waals surface area contributed by atoms with Crippen LogP contribution >= 0.6 is 31.9 Å². The zero-order chi connectivity index (χ0) is 13.1. The third-order valence-electron chi connectivity index (χ3n) is 3.40. The number of ether oxygens (including phenoxy) is 1. The van der Waals surface area contributed by atoms with Crippen molar-refractivity contribution in [2.75, 3.05) is 6.61 Å². The largest absolute Gasteiger partial charge is 0.378 e. The second-order valence-corrected chi connectivity index (χ2v) is 6.73. The van der Waals surface area contributed by atoms with Gasteiger partial charge in [-0.1, -0.05) is 37.9 Å². The highest BCUT2D eigenvalue weighted by atomic mass is 79.9. The topological polar surface area (TPSA) is 21.3 Å². The van der Waals surface area contributed by atoms with E-state index in [4.69, 9.17) is 4.74 Å². The average molecular weight is 377 g/mol. The molecule has 1 fully saturated rings. The summed E-state index contributed by atoms with van der Waals surface area (Å²) in [7, 11) is 0. The fourth-order valence-electron chi connectivity index (χ4n) is 2.45. The molecule has 0 bridgehead atoms. The maximum atomic E-state index is 5.58. The summed E-state index contributed by atoms with van der Waals surface area (Å²) in [5.41, 5.74) is 1.30. The van der Waals surface area contributed by atoms with Crippen molar-refractivity contribution in [1.29, 1.82) is 0 Å². The first kappa shape index (κ1) is 14.5. The molecular weight excluding hydrogens is 358 g/mol. The monoisotopic (exact) mass is 375 g/mol. The Morgan fingerprint density at radius 3 is 2.83 bits per heavy atom. The van der Waals surface area contributed by atoms with Crippen LogP contribution in [0.5, 0.6) is 0 Å². The van der Waals surface area contributed by atoms with Crippen molar-refractivity contribution in [1.82, 2.24) is 5.32 Å². The summed E-state index contributed by atoms with van der Waals surface area (Å²) in [4.78, 5) is 0. The van der Waals surface area contributed by atoms with Gasteiger partial charge in [-0.3, -0.25) is 0 Å². The first-order valence-corrected chi connectivity index (χ1v) is 7.97. The van der Waals surface area contributed by atoms with Crippen LogP contribution in [0.2, 0.25) is 0 Å². The highest BCUT2D eigenvalue weighted by Gasteiger charge is 2.21. The molecule has 18 heavy (non-hydrogen) atoms. The van der Waals surface area contributed by atoms with Gasteiger partial charge in [0.25, 0.3) is 0 Å². The van der Waals surface area contributed by atoms with E-state index in [9.17, 15) is 0 Å².